The zero-order chi connectivity index (χ0) is 12.6. The van der Waals surface area contributed by atoms with Crippen LogP contribution in [-0.4, -0.2) is 25.1 Å². The Balaban J connectivity index is 1.73. The maximum atomic E-state index is 9.45. The first-order valence-corrected chi connectivity index (χ1v) is 6.47. The Hall–Kier alpha value is -1.42. The Morgan fingerprint density at radius 1 is 1.28 bits per heavy atom. The smallest absolute Gasteiger partial charge is 0.231 e. The molecule has 1 aromatic carbocycles. The molecule has 0 aromatic heterocycles. The zero-order valence-electron chi connectivity index (χ0n) is 10.7. The molecular formula is C14H19NO3. The molecule has 1 aliphatic heterocycles. The lowest BCUT2D eigenvalue weighted by molar-refractivity contribution is 0.0576. The summed E-state index contributed by atoms with van der Waals surface area (Å²) in [6.45, 7) is 3.45. The molecule has 0 amide bonds. The quantitative estimate of drug-likeness (QED) is 0.859. The summed E-state index contributed by atoms with van der Waals surface area (Å²) >= 11 is 0. The fourth-order valence-electron chi connectivity index (χ4n) is 2.58. The van der Waals surface area contributed by atoms with E-state index in [0.717, 1.165) is 42.1 Å². The van der Waals surface area contributed by atoms with Gasteiger partial charge in [-0.25, -0.2) is 0 Å². The molecule has 98 valence electrons. The molecule has 18 heavy (non-hydrogen) atoms. The topological polar surface area (TPSA) is 50.7 Å². The SMILES string of the molecule is Cc1cc2c(cc1NCC1(CO)CCC1)OCO2. The van der Waals surface area contributed by atoms with Crippen molar-refractivity contribution in [1.82, 2.24) is 0 Å². The van der Waals surface area contributed by atoms with Crippen LogP contribution in [0.1, 0.15) is 24.8 Å². The lowest BCUT2D eigenvalue weighted by atomic mass is 9.69. The van der Waals surface area contributed by atoms with Gasteiger partial charge in [0.25, 0.3) is 0 Å². The van der Waals surface area contributed by atoms with E-state index in [4.69, 9.17) is 9.47 Å². The van der Waals surface area contributed by atoms with Crippen molar-refractivity contribution in [2.75, 3.05) is 25.3 Å². The van der Waals surface area contributed by atoms with Crippen LogP contribution >= 0.6 is 0 Å². The molecule has 0 radical (unpaired) electrons. The molecule has 0 unspecified atom stereocenters. The molecule has 0 saturated heterocycles. The molecule has 1 aliphatic carbocycles. The van der Waals surface area contributed by atoms with Gasteiger partial charge in [0, 0.05) is 23.7 Å². The highest BCUT2D eigenvalue weighted by atomic mass is 16.7. The van der Waals surface area contributed by atoms with E-state index < -0.39 is 0 Å². The largest absolute Gasteiger partial charge is 0.454 e. The van der Waals surface area contributed by atoms with Crippen molar-refractivity contribution in [2.24, 2.45) is 5.41 Å². The van der Waals surface area contributed by atoms with Gasteiger partial charge in [-0.3, -0.25) is 0 Å². The predicted octanol–water partition coefficient (Wildman–Crippen LogP) is 2.30. The van der Waals surface area contributed by atoms with Crippen LogP contribution in [0.15, 0.2) is 12.1 Å². The first-order valence-electron chi connectivity index (χ1n) is 6.47. The fourth-order valence-corrected chi connectivity index (χ4v) is 2.58. The van der Waals surface area contributed by atoms with Crippen LogP contribution in [0.25, 0.3) is 0 Å². The van der Waals surface area contributed by atoms with Gasteiger partial charge in [0.2, 0.25) is 6.79 Å². The van der Waals surface area contributed by atoms with E-state index in [1.807, 2.05) is 12.1 Å². The highest BCUT2D eigenvalue weighted by Gasteiger charge is 2.36. The van der Waals surface area contributed by atoms with Crippen molar-refractivity contribution in [3.8, 4) is 11.5 Å². The van der Waals surface area contributed by atoms with Crippen LogP contribution in [0, 0.1) is 12.3 Å². The highest BCUT2D eigenvalue weighted by Crippen LogP contribution is 2.41. The summed E-state index contributed by atoms with van der Waals surface area (Å²) in [6.07, 6.45) is 3.45. The fraction of sp³-hybridized carbons (Fsp3) is 0.571. The van der Waals surface area contributed by atoms with E-state index in [1.54, 1.807) is 0 Å². The normalized spacial score (nSPS) is 19.4. The number of ether oxygens (including phenoxy) is 2. The number of fused-ring (bicyclic) bond motifs is 1. The van der Waals surface area contributed by atoms with E-state index in [1.165, 1.54) is 6.42 Å². The molecule has 0 bridgehead atoms. The van der Waals surface area contributed by atoms with E-state index in [-0.39, 0.29) is 12.0 Å². The van der Waals surface area contributed by atoms with E-state index in [9.17, 15) is 5.11 Å². The number of nitrogens with one attached hydrogen (secondary N) is 1. The standard InChI is InChI=1S/C14H19NO3/c1-10-5-12-13(18-9-17-12)6-11(10)15-7-14(8-16)3-2-4-14/h5-6,15-16H,2-4,7-9H2,1H3. The second-order valence-electron chi connectivity index (χ2n) is 5.39. The number of aryl methyl sites for hydroxylation is 1. The van der Waals surface area contributed by atoms with Crippen molar-refractivity contribution in [3.05, 3.63) is 17.7 Å². The molecule has 2 aliphatic rings. The van der Waals surface area contributed by atoms with E-state index in [2.05, 4.69) is 12.2 Å². The molecule has 0 atom stereocenters. The Morgan fingerprint density at radius 2 is 2.00 bits per heavy atom. The Labute approximate surface area is 107 Å². The summed E-state index contributed by atoms with van der Waals surface area (Å²) in [5.41, 5.74) is 2.30. The first-order chi connectivity index (χ1) is 8.72. The highest BCUT2D eigenvalue weighted by molar-refractivity contribution is 5.60. The minimum Gasteiger partial charge on any atom is -0.454 e. The number of aliphatic hydroxyl groups excluding tert-OH is 1. The van der Waals surface area contributed by atoms with Gasteiger partial charge in [-0.2, -0.15) is 0 Å². The lowest BCUT2D eigenvalue weighted by Gasteiger charge is -2.40. The molecule has 4 heteroatoms. The third-order valence-electron chi connectivity index (χ3n) is 4.12. The molecule has 2 N–H and O–H groups in total. The summed E-state index contributed by atoms with van der Waals surface area (Å²) in [7, 11) is 0. The lowest BCUT2D eigenvalue weighted by Crippen LogP contribution is -2.39. The second kappa shape index (κ2) is 4.35. The molecule has 1 heterocycles. The van der Waals surface area contributed by atoms with E-state index in [0.29, 0.717) is 6.79 Å². The van der Waals surface area contributed by atoms with E-state index >= 15 is 0 Å². The number of anilines is 1. The molecule has 1 aromatic rings. The molecule has 3 rings (SSSR count). The molecule has 4 nitrogen and oxygen atoms in total. The van der Waals surface area contributed by atoms with Crippen molar-refractivity contribution >= 4 is 5.69 Å². The second-order valence-corrected chi connectivity index (χ2v) is 5.39. The summed E-state index contributed by atoms with van der Waals surface area (Å²) in [6, 6.07) is 3.98. The summed E-state index contributed by atoms with van der Waals surface area (Å²) in [4.78, 5) is 0. The van der Waals surface area contributed by atoms with Crippen molar-refractivity contribution in [3.63, 3.8) is 0 Å². The number of benzene rings is 1. The first kappa shape index (κ1) is 11.7. The molecule has 0 spiro atoms. The Kier molecular flexibility index (Phi) is 2.82. The summed E-state index contributed by atoms with van der Waals surface area (Å²) < 4.78 is 10.7. The van der Waals surface area contributed by atoms with Crippen LogP contribution in [-0.2, 0) is 0 Å². The minimum absolute atomic E-state index is 0.0861. The Bertz CT molecular complexity index is 449. The van der Waals surface area contributed by atoms with Gasteiger partial charge in [-0.1, -0.05) is 6.42 Å². The van der Waals surface area contributed by atoms with Crippen LogP contribution in [0.5, 0.6) is 11.5 Å². The van der Waals surface area contributed by atoms with Gasteiger partial charge in [-0.05, 0) is 31.4 Å². The third-order valence-corrected chi connectivity index (χ3v) is 4.12. The average Bonchev–Trinajstić information content (AvgIpc) is 2.75. The van der Waals surface area contributed by atoms with Gasteiger partial charge in [0.05, 0.1) is 6.61 Å². The summed E-state index contributed by atoms with van der Waals surface area (Å²) in [5.74, 6) is 1.62. The van der Waals surface area contributed by atoms with Crippen molar-refractivity contribution < 1.29 is 14.6 Å². The number of aliphatic hydroxyl groups is 1. The summed E-state index contributed by atoms with van der Waals surface area (Å²) in [5, 5.41) is 12.9. The average molecular weight is 249 g/mol. The van der Waals surface area contributed by atoms with Crippen LogP contribution < -0.4 is 14.8 Å². The minimum atomic E-state index is 0.0861. The predicted molar refractivity (Wildman–Crippen MR) is 69.2 cm³/mol. The van der Waals surface area contributed by atoms with Gasteiger partial charge in [-0.15, -0.1) is 0 Å². The number of hydrogen-bond acceptors (Lipinski definition) is 4. The monoisotopic (exact) mass is 249 g/mol. The van der Waals surface area contributed by atoms with Gasteiger partial charge in [0.15, 0.2) is 11.5 Å². The van der Waals surface area contributed by atoms with Gasteiger partial charge < -0.3 is 19.9 Å². The molecular weight excluding hydrogens is 230 g/mol. The number of rotatable bonds is 4. The maximum absolute atomic E-state index is 9.45. The van der Waals surface area contributed by atoms with Crippen LogP contribution in [0.3, 0.4) is 0 Å². The third kappa shape index (κ3) is 1.90. The van der Waals surface area contributed by atoms with Crippen molar-refractivity contribution in [1.29, 1.82) is 0 Å². The molecule has 1 fully saturated rings. The molecule has 1 saturated carbocycles. The Morgan fingerprint density at radius 3 is 2.61 bits per heavy atom. The van der Waals surface area contributed by atoms with Gasteiger partial charge >= 0.3 is 0 Å². The van der Waals surface area contributed by atoms with Crippen LogP contribution in [0.4, 0.5) is 5.69 Å². The van der Waals surface area contributed by atoms with Crippen molar-refractivity contribution in [2.45, 2.75) is 26.2 Å². The number of hydrogen-bond donors (Lipinski definition) is 2. The zero-order valence-corrected chi connectivity index (χ0v) is 10.7. The van der Waals surface area contributed by atoms with Gasteiger partial charge in [0.1, 0.15) is 0 Å². The maximum Gasteiger partial charge on any atom is 0.231 e. The van der Waals surface area contributed by atoms with Crippen LogP contribution in [0.2, 0.25) is 0 Å².